The molecular weight excluding hydrogens is 304 g/mol. The number of hydrogen-bond donors (Lipinski definition) is 0. The topological polar surface area (TPSA) is 52.4 Å². The summed E-state index contributed by atoms with van der Waals surface area (Å²) in [6.07, 6.45) is 0. The molecule has 0 fully saturated rings. The van der Waals surface area contributed by atoms with Gasteiger partial charge in [-0.15, -0.1) is 11.6 Å². The Balaban J connectivity index is 2.24. The van der Waals surface area contributed by atoms with Gasteiger partial charge in [-0.1, -0.05) is 6.07 Å². The van der Waals surface area contributed by atoms with Crippen LogP contribution < -0.4 is 4.74 Å². The molecule has 7 heteroatoms. The first kappa shape index (κ1) is 15.2. The molecule has 4 nitrogen and oxygen atoms in total. The van der Waals surface area contributed by atoms with E-state index in [4.69, 9.17) is 16.3 Å². The highest BCUT2D eigenvalue weighted by Gasteiger charge is 2.16. The molecule has 0 radical (unpaired) electrons. The lowest BCUT2D eigenvalue weighted by molar-refractivity contribution is -0.386. The number of ether oxygens (including phenoxy) is 1. The quantitative estimate of drug-likeness (QED) is 0.472. The van der Waals surface area contributed by atoms with Crippen molar-refractivity contribution in [3.8, 4) is 5.75 Å². The van der Waals surface area contributed by atoms with Crippen LogP contribution in [0.5, 0.6) is 5.75 Å². The number of benzene rings is 2. The third kappa shape index (κ3) is 3.66. The van der Waals surface area contributed by atoms with Crippen molar-refractivity contribution in [2.24, 2.45) is 0 Å². The molecule has 0 unspecified atom stereocenters. The van der Waals surface area contributed by atoms with Gasteiger partial charge in [-0.25, -0.2) is 8.78 Å². The monoisotopic (exact) mass is 313 g/mol. The second-order valence-electron chi connectivity index (χ2n) is 4.22. The predicted molar refractivity (Wildman–Crippen MR) is 73.3 cm³/mol. The summed E-state index contributed by atoms with van der Waals surface area (Å²) in [5, 5.41) is 10.9. The van der Waals surface area contributed by atoms with Crippen LogP contribution in [0, 0.1) is 21.7 Å². The van der Waals surface area contributed by atoms with Crippen LogP contribution in [0.2, 0.25) is 0 Å². The standard InChI is InChI=1S/C14H10ClF2NO3/c15-7-9-1-4-13(18(19)20)14(5-9)21-8-10-2-3-11(16)6-12(10)17/h1-6H,7-8H2. The first-order valence-electron chi connectivity index (χ1n) is 5.91. The Kier molecular flexibility index (Phi) is 4.70. The van der Waals surface area contributed by atoms with Crippen molar-refractivity contribution < 1.29 is 18.4 Å². The van der Waals surface area contributed by atoms with Gasteiger partial charge >= 0.3 is 5.69 Å². The first-order valence-corrected chi connectivity index (χ1v) is 6.44. The van der Waals surface area contributed by atoms with Crippen molar-refractivity contribution in [1.29, 1.82) is 0 Å². The van der Waals surface area contributed by atoms with Gasteiger partial charge in [0.2, 0.25) is 0 Å². The summed E-state index contributed by atoms with van der Waals surface area (Å²) in [7, 11) is 0. The van der Waals surface area contributed by atoms with Crippen molar-refractivity contribution >= 4 is 17.3 Å². The number of rotatable bonds is 5. The van der Waals surface area contributed by atoms with E-state index in [1.807, 2.05) is 0 Å². The molecule has 0 spiro atoms. The third-order valence-electron chi connectivity index (χ3n) is 2.77. The molecule has 2 aromatic carbocycles. The van der Waals surface area contributed by atoms with Gasteiger partial charge in [-0.3, -0.25) is 10.1 Å². The highest BCUT2D eigenvalue weighted by molar-refractivity contribution is 6.17. The molecule has 0 aliphatic rings. The summed E-state index contributed by atoms with van der Waals surface area (Å²) in [6, 6.07) is 7.24. The van der Waals surface area contributed by atoms with Gasteiger partial charge in [0.15, 0.2) is 5.75 Å². The van der Waals surface area contributed by atoms with Gasteiger partial charge < -0.3 is 4.74 Å². The van der Waals surface area contributed by atoms with Gasteiger partial charge in [0, 0.05) is 23.6 Å². The SMILES string of the molecule is O=[N+]([O-])c1ccc(CCl)cc1OCc1ccc(F)cc1F. The Bertz CT molecular complexity index is 679. The summed E-state index contributed by atoms with van der Waals surface area (Å²) in [6.45, 7) is -0.251. The number of halogens is 3. The summed E-state index contributed by atoms with van der Waals surface area (Å²) in [5.41, 5.74) is 0.491. The molecule has 2 rings (SSSR count). The van der Waals surface area contributed by atoms with Crippen LogP contribution in [0.15, 0.2) is 36.4 Å². The van der Waals surface area contributed by atoms with E-state index < -0.39 is 16.6 Å². The molecule has 0 heterocycles. The fourth-order valence-corrected chi connectivity index (χ4v) is 1.87. The second-order valence-corrected chi connectivity index (χ2v) is 4.48. The van der Waals surface area contributed by atoms with Crippen LogP contribution in [0.4, 0.5) is 14.5 Å². The van der Waals surface area contributed by atoms with Gasteiger partial charge in [-0.05, 0) is 23.8 Å². The number of nitro benzene ring substituents is 1. The summed E-state index contributed by atoms with van der Waals surface area (Å²) < 4.78 is 31.6. The normalized spacial score (nSPS) is 10.4. The fraction of sp³-hybridized carbons (Fsp3) is 0.143. The zero-order valence-corrected chi connectivity index (χ0v) is 11.4. The Morgan fingerprint density at radius 3 is 2.57 bits per heavy atom. The molecule has 21 heavy (non-hydrogen) atoms. The lowest BCUT2D eigenvalue weighted by Gasteiger charge is -2.09. The first-order chi connectivity index (χ1) is 10.0. The number of nitro groups is 1. The molecule has 0 bridgehead atoms. The van der Waals surface area contributed by atoms with Gasteiger partial charge in [-0.2, -0.15) is 0 Å². The molecular formula is C14H10ClF2NO3. The van der Waals surface area contributed by atoms with Gasteiger partial charge in [0.05, 0.1) is 4.92 Å². The molecule has 0 amide bonds. The van der Waals surface area contributed by atoms with E-state index in [9.17, 15) is 18.9 Å². The molecule has 0 N–H and O–H groups in total. The van der Waals surface area contributed by atoms with E-state index in [1.54, 1.807) is 0 Å². The third-order valence-corrected chi connectivity index (χ3v) is 3.08. The average molecular weight is 314 g/mol. The Morgan fingerprint density at radius 1 is 1.19 bits per heavy atom. The largest absolute Gasteiger partial charge is 0.482 e. The highest BCUT2D eigenvalue weighted by Crippen LogP contribution is 2.29. The van der Waals surface area contributed by atoms with E-state index in [0.29, 0.717) is 5.56 Å². The van der Waals surface area contributed by atoms with Crippen LogP contribution in [-0.2, 0) is 12.5 Å². The fourth-order valence-electron chi connectivity index (χ4n) is 1.70. The molecule has 0 saturated carbocycles. The van der Waals surface area contributed by atoms with E-state index in [2.05, 4.69) is 0 Å². The molecule has 0 saturated heterocycles. The minimum absolute atomic E-state index is 0.0122. The van der Waals surface area contributed by atoms with Gasteiger partial charge in [0.1, 0.15) is 18.2 Å². The zero-order valence-electron chi connectivity index (χ0n) is 10.7. The van der Waals surface area contributed by atoms with Crippen molar-refractivity contribution in [3.63, 3.8) is 0 Å². The average Bonchev–Trinajstić information content (AvgIpc) is 2.45. The van der Waals surface area contributed by atoms with Crippen molar-refractivity contribution in [1.82, 2.24) is 0 Å². The van der Waals surface area contributed by atoms with E-state index in [1.165, 1.54) is 24.3 Å². The van der Waals surface area contributed by atoms with Crippen molar-refractivity contribution in [2.45, 2.75) is 12.5 Å². The van der Waals surface area contributed by atoms with E-state index in [-0.39, 0.29) is 29.5 Å². The van der Waals surface area contributed by atoms with Crippen molar-refractivity contribution in [2.75, 3.05) is 0 Å². The molecule has 2 aromatic rings. The Labute approximate surface area is 124 Å². The number of alkyl halides is 1. The van der Waals surface area contributed by atoms with Gasteiger partial charge in [0.25, 0.3) is 0 Å². The lowest BCUT2D eigenvalue weighted by atomic mass is 10.2. The van der Waals surface area contributed by atoms with Crippen LogP contribution in [0.25, 0.3) is 0 Å². The summed E-state index contributed by atoms with van der Waals surface area (Å²) in [5.74, 6) is -1.32. The minimum atomic E-state index is -0.772. The van der Waals surface area contributed by atoms with Crippen LogP contribution in [0.3, 0.4) is 0 Å². The summed E-state index contributed by atoms with van der Waals surface area (Å²) in [4.78, 5) is 10.3. The summed E-state index contributed by atoms with van der Waals surface area (Å²) >= 11 is 5.66. The maximum atomic E-state index is 13.5. The van der Waals surface area contributed by atoms with Crippen molar-refractivity contribution in [3.05, 3.63) is 69.3 Å². The lowest BCUT2D eigenvalue weighted by Crippen LogP contribution is -2.02. The van der Waals surface area contributed by atoms with Crippen LogP contribution in [-0.4, -0.2) is 4.92 Å². The number of hydrogen-bond acceptors (Lipinski definition) is 3. The van der Waals surface area contributed by atoms with E-state index >= 15 is 0 Å². The zero-order chi connectivity index (χ0) is 15.4. The second kappa shape index (κ2) is 6.49. The maximum absolute atomic E-state index is 13.5. The van der Waals surface area contributed by atoms with E-state index in [0.717, 1.165) is 12.1 Å². The predicted octanol–water partition coefficient (Wildman–Crippen LogP) is 4.19. The van der Waals surface area contributed by atoms with Crippen LogP contribution in [0.1, 0.15) is 11.1 Å². The number of nitrogens with zero attached hydrogens (tertiary/aromatic N) is 1. The molecule has 0 aliphatic carbocycles. The minimum Gasteiger partial charge on any atom is -0.482 e. The Morgan fingerprint density at radius 2 is 1.95 bits per heavy atom. The maximum Gasteiger partial charge on any atom is 0.310 e. The molecule has 0 aliphatic heterocycles. The smallest absolute Gasteiger partial charge is 0.310 e. The molecule has 0 atom stereocenters. The van der Waals surface area contributed by atoms with Crippen LogP contribution >= 0.6 is 11.6 Å². The Hall–Kier alpha value is -2.21. The highest BCUT2D eigenvalue weighted by atomic mass is 35.5. The molecule has 110 valence electrons. The molecule has 0 aromatic heterocycles.